The van der Waals surface area contributed by atoms with E-state index in [9.17, 15) is 9.59 Å². The Morgan fingerprint density at radius 3 is 2.65 bits per heavy atom. The van der Waals surface area contributed by atoms with E-state index in [0.717, 1.165) is 4.68 Å². The first kappa shape index (κ1) is 14.6. The zero-order valence-electron chi connectivity index (χ0n) is 10.7. The van der Waals surface area contributed by atoms with Gasteiger partial charge in [-0.05, 0) is 32.0 Å². The second-order valence-corrected chi connectivity index (χ2v) is 5.06. The largest absolute Gasteiger partial charge is 0.457 e. The highest BCUT2D eigenvalue weighted by Gasteiger charge is 2.17. The normalized spacial score (nSPS) is 10.8. The Bertz CT molecular complexity index is 706. The van der Waals surface area contributed by atoms with Gasteiger partial charge in [0, 0.05) is 0 Å². The molecule has 0 atom stereocenters. The highest BCUT2D eigenvalue weighted by Crippen LogP contribution is 2.23. The van der Waals surface area contributed by atoms with Gasteiger partial charge in [0.15, 0.2) is 0 Å². The van der Waals surface area contributed by atoms with E-state index < -0.39 is 11.7 Å². The summed E-state index contributed by atoms with van der Waals surface area (Å²) in [6.07, 6.45) is -0.305. The van der Waals surface area contributed by atoms with Crippen LogP contribution in [0, 0.1) is 0 Å². The number of aromatic amines is 1. The Labute approximate surface area is 124 Å². The van der Waals surface area contributed by atoms with Crippen LogP contribution < -0.4 is 5.69 Å². The molecule has 0 saturated heterocycles. The predicted octanol–water partition coefficient (Wildman–Crippen LogP) is 2.43. The number of carbonyl (C=O) groups is 1. The topological polar surface area (TPSA) is 77.0 Å². The molecule has 8 heteroatoms. The average molecular weight is 316 g/mol. The second-order valence-electron chi connectivity index (χ2n) is 4.24. The average Bonchev–Trinajstić information content (AvgIpc) is 2.74. The Hall–Kier alpha value is -1.79. The molecule has 0 aliphatic rings. The number of nitrogens with one attached hydrogen (secondary N) is 1. The van der Waals surface area contributed by atoms with E-state index in [4.69, 9.17) is 27.9 Å². The monoisotopic (exact) mass is 315 g/mol. The maximum absolute atomic E-state index is 11.8. The van der Waals surface area contributed by atoms with Gasteiger partial charge in [-0.1, -0.05) is 23.2 Å². The van der Waals surface area contributed by atoms with Crippen molar-refractivity contribution in [2.75, 3.05) is 0 Å². The molecule has 0 fully saturated rings. The molecule has 0 radical (unpaired) electrons. The number of ether oxygens (including phenoxy) is 1. The third kappa shape index (κ3) is 3.02. The van der Waals surface area contributed by atoms with Crippen molar-refractivity contribution in [1.29, 1.82) is 0 Å². The lowest BCUT2D eigenvalue weighted by Gasteiger charge is -2.04. The number of rotatable bonds is 3. The number of hydrogen-bond donors (Lipinski definition) is 1. The highest BCUT2D eigenvalue weighted by atomic mass is 35.5. The molecule has 106 valence electrons. The van der Waals surface area contributed by atoms with Gasteiger partial charge in [0.2, 0.25) is 5.82 Å². The molecule has 1 aromatic carbocycles. The Kier molecular flexibility index (Phi) is 4.15. The van der Waals surface area contributed by atoms with E-state index in [1.807, 2.05) is 0 Å². The molecule has 1 aromatic heterocycles. The molecular formula is C12H11Cl2N3O3. The molecule has 20 heavy (non-hydrogen) atoms. The lowest BCUT2D eigenvalue weighted by Crippen LogP contribution is -2.15. The van der Waals surface area contributed by atoms with Crippen molar-refractivity contribution >= 4 is 29.2 Å². The SMILES string of the molecule is CC(C)OC(=O)c1nn(-c2ccc(Cl)c(Cl)c2)c(=O)[nH]1. The summed E-state index contributed by atoms with van der Waals surface area (Å²) < 4.78 is 5.96. The van der Waals surface area contributed by atoms with Crippen molar-refractivity contribution < 1.29 is 9.53 Å². The van der Waals surface area contributed by atoms with Crippen LogP contribution in [0.15, 0.2) is 23.0 Å². The highest BCUT2D eigenvalue weighted by molar-refractivity contribution is 6.42. The molecule has 0 aliphatic heterocycles. The Morgan fingerprint density at radius 2 is 2.05 bits per heavy atom. The molecule has 2 rings (SSSR count). The van der Waals surface area contributed by atoms with E-state index in [0.29, 0.717) is 10.7 Å². The van der Waals surface area contributed by atoms with Crippen molar-refractivity contribution in [2.24, 2.45) is 0 Å². The molecule has 1 N–H and O–H groups in total. The van der Waals surface area contributed by atoms with E-state index in [2.05, 4.69) is 10.1 Å². The van der Waals surface area contributed by atoms with Crippen molar-refractivity contribution in [3.63, 3.8) is 0 Å². The van der Waals surface area contributed by atoms with Crippen LogP contribution in [-0.2, 0) is 4.74 Å². The van der Waals surface area contributed by atoms with Crippen molar-refractivity contribution in [1.82, 2.24) is 14.8 Å². The summed E-state index contributed by atoms with van der Waals surface area (Å²) in [5.41, 5.74) is -0.177. The third-order valence-corrected chi connectivity index (χ3v) is 3.04. The summed E-state index contributed by atoms with van der Waals surface area (Å²) in [4.78, 5) is 25.8. The van der Waals surface area contributed by atoms with Gasteiger partial charge in [-0.15, -0.1) is 5.10 Å². The Balaban J connectivity index is 2.39. The summed E-state index contributed by atoms with van der Waals surface area (Å²) in [7, 11) is 0. The first-order valence-electron chi connectivity index (χ1n) is 5.74. The van der Waals surface area contributed by atoms with Gasteiger partial charge in [0.25, 0.3) is 0 Å². The fourth-order valence-electron chi connectivity index (χ4n) is 1.48. The van der Waals surface area contributed by atoms with Crippen LogP contribution in [0.25, 0.3) is 5.69 Å². The zero-order valence-corrected chi connectivity index (χ0v) is 12.2. The predicted molar refractivity (Wildman–Crippen MR) is 74.8 cm³/mol. The van der Waals surface area contributed by atoms with Gasteiger partial charge in [-0.25, -0.2) is 9.59 Å². The van der Waals surface area contributed by atoms with Crippen LogP contribution in [-0.4, -0.2) is 26.8 Å². The summed E-state index contributed by atoms with van der Waals surface area (Å²) in [6, 6.07) is 4.57. The number of hydrogen-bond acceptors (Lipinski definition) is 4. The maximum atomic E-state index is 11.8. The van der Waals surface area contributed by atoms with Crippen LogP contribution in [0.3, 0.4) is 0 Å². The Morgan fingerprint density at radius 1 is 1.35 bits per heavy atom. The summed E-state index contributed by atoms with van der Waals surface area (Å²) in [5, 5.41) is 4.52. The fourth-order valence-corrected chi connectivity index (χ4v) is 1.77. The molecule has 6 nitrogen and oxygen atoms in total. The molecule has 0 aliphatic carbocycles. The van der Waals surface area contributed by atoms with Gasteiger partial charge < -0.3 is 4.74 Å². The van der Waals surface area contributed by atoms with E-state index in [1.54, 1.807) is 19.9 Å². The molecule has 0 bridgehead atoms. The van der Waals surface area contributed by atoms with Crippen LogP contribution in [0.2, 0.25) is 10.0 Å². The molecule has 0 amide bonds. The molecule has 2 aromatic rings. The third-order valence-electron chi connectivity index (χ3n) is 2.30. The first-order chi connectivity index (χ1) is 9.38. The molecule has 0 spiro atoms. The number of aromatic nitrogens is 3. The van der Waals surface area contributed by atoms with Gasteiger partial charge in [0.05, 0.1) is 21.8 Å². The smallest absolute Gasteiger partial charge is 0.376 e. The van der Waals surface area contributed by atoms with Gasteiger partial charge in [0.1, 0.15) is 0 Å². The number of nitrogens with zero attached hydrogens (tertiary/aromatic N) is 2. The quantitative estimate of drug-likeness (QED) is 0.882. The zero-order chi connectivity index (χ0) is 14.9. The summed E-state index contributed by atoms with van der Waals surface area (Å²) in [6.45, 7) is 3.40. The number of H-pyrrole nitrogens is 1. The van der Waals surface area contributed by atoms with E-state index in [-0.39, 0.29) is 17.0 Å². The summed E-state index contributed by atoms with van der Waals surface area (Å²) in [5.74, 6) is -0.870. The van der Waals surface area contributed by atoms with Gasteiger partial charge >= 0.3 is 11.7 Å². The van der Waals surface area contributed by atoms with Crippen LogP contribution in [0.1, 0.15) is 24.5 Å². The van der Waals surface area contributed by atoms with Gasteiger partial charge in [-0.2, -0.15) is 4.68 Å². The number of carbonyl (C=O) groups excluding carboxylic acids is 1. The first-order valence-corrected chi connectivity index (χ1v) is 6.50. The minimum Gasteiger partial charge on any atom is -0.457 e. The van der Waals surface area contributed by atoms with Crippen LogP contribution >= 0.6 is 23.2 Å². The number of benzene rings is 1. The number of halogens is 2. The minimum atomic E-state index is -0.698. The van der Waals surface area contributed by atoms with E-state index >= 15 is 0 Å². The van der Waals surface area contributed by atoms with Crippen LogP contribution in [0.5, 0.6) is 0 Å². The fraction of sp³-hybridized carbons (Fsp3) is 0.250. The molecule has 1 heterocycles. The van der Waals surface area contributed by atoms with Crippen molar-refractivity contribution in [3.05, 3.63) is 44.6 Å². The second kappa shape index (κ2) is 5.68. The van der Waals surface area contributed by atoms with Crippen molar-refractivity contribution in [2.45, 2.75) is 20.0 Å². The van der Waals surface area contributed by atoms with Crippen molar-refractivity contribution in [3.8, 4) is 5.69 Å². The van der Waals surface area contributed by atoms with E-state index in [1.165, 1.54) is 12.1 Å². The maximum Gasteiger partial charge on any atom is 0.376 e. The molecular weight excluding hydrogens is 305 g/mol. The van der Waals surface area contributed by atoms with Gasteiger partial charge in [-0.3, -0.25) is 4.98 Å². The lowest BCUT2D eigenvalue weighted by atomic mass is 10.3. The van der Waals surface area contributed by atoms with Crippen LogP contribution in [0.4, 0.5) is 0 Å². The molecule has 0 saturated carbocycles. The summed E-state index contributed by atoms with van der Waals surface area (Å²) >= 11 is 11.7. The standard InChI is InChI=1S/C12H11Cl2N3O3/c1-6(2)20-11(18)10-15-12(19)17(16-10)7-3-4-8(13)9(14)5-7/h3-6H,1-2H3,(H,15,16,19). The lowest BCUT2D eigenvalue weighted by molar-refractivity contribution is 0.0363. The number of esters is 1. The molecule has 0 unspecified atom stereocenters. The minimum absolute atomic E-state index is 0.172.